The summed E-state index contributed by atoms with van der Waals surface area (Å²) in [7, 11) is 0. The number of ketones is 1. The smallest absolute Gasteiger partial charge is 0.166 e. The Labute approximate surface area is 90.0 Å². The lowest BCUT2D eigenvalue weighted by Gasteiger charge is -2.33. The zero-order chi connectivity index (χ0) is 10.3. The van der Waals surface area contributed by atoms with E-state index in [0.29, 0.717) is 12.5 Å². The van der Waals surface area contributed by atoms with Crippen molar-refractivity contribution in [3.05, 3.63) is 23.0 Å². The molecule has 0 aromatic rings. The van der Waals surface area contributed by atoms with Crippen LogP contribution in [0.15, 0.2) is 23.0 Å². The number of carbonyl (C=O) groups is 1. The molecule has 0 aromatic carbocycles. The largest absolute Gasteiger partial charge is 0.490 e. The molecule has 0 spiro atoms. The molecular formula is C13H16O2. The standard InChI is InChI=1S/C13H16O2/c14-11-5-3-7-13-10(11)8-9-4-1-2-6-12(9)15-13/h8,12H,1-7H2. The van der Waals surface area contributed by atoms with Crippen molar-refractivity contribution in [1.82, 2.24) is 0 Å². The zero-order valence-electron chi connectivity index (χ0n) is 8.92. The van der Waals surface area contributed by atoms with Crippen LogP contribution in [0, 0.1) is 0 Å². The van der Waals surface area contributed by atoms with Crippen molar-refractivity contribution in [2.45, 2.75) is 51.0 Å². The molecule has 0 N–H and O–H groups in total. The van der Waals surface area contributed by atoms with E-state index < -0.39 is 0 Å². The minimum atomic E-state index is 0.285. The van der Waals surface area contributed by atoms with Gasteiger partial charge in [0.1, 0.15) is 11.9 Å². The van der Waals surface area contributed by atoms with Gasteiger partial charge in [0.05, 0.1) is 5.57 Å². The topological polar surface area (TPSA) is 26.3 Å². The Morgan fingerprint density at radius 1 is 1.13 bits per heavy atom. The van der Waals surface area contributed by atoms with Gasteiger partial charge in [-0.3, -0.25) is 4.79 Å². The lowest BCUT2D eigenvalue weighted by Crippen LogP contribution is -2.27. The molecule has 80 valence electrons. The van der Waals surface area contributed by atoms with Crippen LogP contribution in [-0.4, -0.2) is 11.9 Å². The van der Waals surface area contributed by atoms with Gasteiger partial charge in [-0.1, -0.05) is 0 Å². The number of allylic oxidation sites excluding steroid dienone is 3. The van der Waals surface area contributed by atoms with Crippen molar-refractivity contribution in [3.8, 4) is 0 Å². The van der Waals surface area contributed by atoms with Crippen molar-refractivity contribution in [2.24, 2.45) is 0 Å². The van der Waals surface area contributed by atoms with E-state index in [0.717, 1.165) is 37.0 Å². The van der Waals surface area contributed by atoms with Crippen LogP contribution < -0.4 is 0 Å². The summed E-state index contributed by atoms with van der Waals surface area (Å²) in [5, 5.41) is 0. The number of hydrogen-bond acceptors (Lipinski definition) is 2. The third kappa shape index (κ3) is 1.52. The molecule has 3 aliphatic rings. The molecule has 2 aliphatic carbocycles. The molecule has 1 saturated carbocycles. The van der Waals surface area contributed by atoms with E-state index in [1.165, 1.54) is 18.4 Å². The van der Waals surface area contributed by atoms with Crippen molar-refractivity contribution in [2.75, 3.05) is 0 Å². The van der Waals surface area contributed by atoms with Gasteiger partial charge in [0.25, 0.3) is 0 Å². The highest BCUT2D eigenvalue weighted by Gasteiger charge is 2.30. The minimum Gasteiger partial charge on any atom is -0.490 e. The average molecular weight is 204 g/mol. The molecule has 0 aromatic heterocycles. The maximum atomic E-state index is 11.7. The van der Waals surface area contributed by atoms with Crippen molar-refractivity contribution < 1.29 is 9.53 Å². The molecule has 15 heavy (non-hydrogen) atoms. The van der Waals surface area contributed by atoms with Crippen LogP contribution in [-0.2, 0) is 9.53 Å². The predicted molar refractivity (Wildman–Crippen MR) is 57.3 cm³/mol. The summed E-state index contributed by atoms with van der Waals surface area (Å²) in [4.78, 5) is 11.7. The second-order valence-corrected chi connectivity index (χ2v) is 4.69. The van der Waals surface area contributed by atoms with Gasteiger partial charge < -0.3 is 4.74 Å². The first-order valence-electron chi connectivity index (χ1n) is 5.98. The van der Waals surface area contributed by atoms with Gasteiger partial charge in [0.15, 0.2) is 5.78 Å². The third-order valence-corrected chi connectivity index (χ3v) is 3.62. The van der Waals surface area contributed by atoms with Crippen molar-refractivity contribution in [1.29, 1.82) is 0 Å². The van der Waals surface area contributed by atoms with Gasteiger partial charge in [0, 0.05) is 12.8 Å². The maximum Gasteiger partial charge on any atom is 0.166 e. The van der Waals surface area contributed by atoms with Crippen LogP contribution in [0.2, 0.25) is 0 Å². The molecule has 1 atom stereocenters. The first-order chi connectivity index (χ1) is 7.34. The molecule has 0 radical (unpaired) electrons. The Bertz CT molecular complexity index is 363. The summed E-state index contributed by atoms with van der Waals surface area (Å²) in [6, 6.07) is 0. The second-order valence-electron chi connectivity index (χ2n) is 4.69. The van der Waals surface area contributed by atoms with E-state index in [4.69, 9.17) is 4.74 Å². The molecule has 3 rings (SSSR count). The fourth-order valence-corrected chi connectivity index (χ4v) is 2.78. The first-order valence-corrected chi connectivity index (χ1v) is 5.98. The average Bonchev–Trinajstić information content (AvgIpc) is 2.27. The number of Topliss-reactive ketones (excluding diaryl/α,β-unsaturated/α-hetero) is 1. The monoisotopic (exact) mass is 204 g/mol. The number of ether oxygens (including phenoxy) is 1. The van der Waals surface area contributed by atoms with E-state index >= 15 is 0 Å². The van der Waals surface area contributed by atoms with E-state index in [1.54, 1.807) is 0 Å². The van der Waals surface area contributed by atoms with Crippen LogP contribution in [0.4, 0.5) is 0 Å². The van der Waals surface area contributed by atoms with E-state index in [9.17, 15) is 4.79 Å². The van der Waals surface area contributed by atoms with Crippen LogP contribution in [0.5, 0.6) is 0 Å². The summed E-state index contributed by atoms with van der Waals surface area (Å²) in [5.74, 6) is 1.26. The molecule has 1 fully saturated rings. The first kappa shape index (κ1) is 9.20. The highest BCUT2D eigenvalue weighted by atomic mass is 16.5. The van der Waals surface area contributed by atoms with Crippen molar-refractivity contribution >= 4 is 5.78 Å². The quantitative estimate of drug-likeness (QED) is 0.606. The molecular weight excluding hydrogens is 188 g/mol. The molecule has 2 heteroatoms. The SMILES string of the molecule is O=C1CCCC2=C1C=C1CCCCC1O2. The number of fused-ring (bicyclic) bond motifs is 1. The Hall–Kier alpha value is -1.05. The van der Waals surface area contributed by atoms with E-state index in [-0.39, 0.29) is 5.78 Å². The molecule has 0 saturated heterocycles. The second kappa shape index (κ2) is 3.51. The molecule has 1 unspecified atom stereocenters. The van der Waals surface area contributed by atoms with Crippen LogP contribution in [0.1, 0.15) is 44.9 Å². The molecule has 0 amide bonds. The summed E-state index contributed by atoms with van der Waals surface area (Å²) in [5.41, 5.74) is 2.24. The van der Waals surface area contributed by atoms with Crippen LogP contribution in [0.25, 0.3) is 0 Å². The lowest BCUT2D eigenvalue weighted by atomic mass is 9.85. The summed E-state index contributed by atoms with van der Waals surface area (Å²) >= 11 is 0. The zero-order valence-corrected chi connectivity index (χ0v) is 8.92. The molecule has 2 nitrogen and oxygen atoms in total. The normalized spacial score (nSPS) is 30.3. The Balaban J connectivity index is 1.95. The Morgan fingerprint density at radius 2 is 2.07 bits per heavy atom. The summed E-state index contributed by atoms with van der Waals surface area (Å²) < 4.78 is 5.96. The molecule has 1 heterocycles. The highest BCUT2D eigenvalue weighted by molar-refractivity contribution is 5.99. The number of rotatable bonds is 0. The third-order valence-electron chi connectivity index (χ3n) is 3.62. The van der Waals surface area contributed by atoms with E-state index in [2.05, 4.69) is 6.08 Å². The van der Waals surface area contributed by atoms with Gasteiger partial charge in [-0.05, 0) is 43.8 Å². The predicted octanol–water partition coefficient (Wildman–Crippen LogP) is 2.89. The Morgan fingerprint density at radius 3 is 3.00 bits per heavy atom. The minimum absolute atomic E-state index is 0.285. The number of hydrogen-bond donors (Lipinski definition) is 0. The fraction of sp³-hybridized carbons (Fsp3) is 0.615. The van der Waals surface area contributed by atoms with Gasteiger partial charge in [-0.2, -0.15) is 0 Å². The Kier molecular flexibility index (Phi) is 2.15. The van der Waals surface area contributed by atoms with Crippen molar-refractivity contribution in [3.63, 3.8) is 0 Å². The van der Waals surface area contributed by atoms with Gasteiger partial charge in [0.2, 0.25) is 0 Å². The highest BCUT2D eigenvalue weighted by Crippen LogP contribution is 2.37. The van der Waals surface area contributed by atoms with Crippen LogP contribution >= 0.6 is 0 Å². The number of carbonyl (C=O) groups excluding carboxylic acids is 1. The molecule has 1 aliphatic heterocycles. The van der Waals surface area contributed by atoms with Gasteiger partial charge in [-0.25, -0.2) is 0 Å². The lowest BCUT2D eigenvalue weighted by molar-refractivity contribution is -0.116. The maximum absolute atomic E-state index is 11.7. The van der Waals surface area contributed by atoms with Crippen LogP contribution in [0.3, 0.4) is 0 Å². The van der Waals surface area contributed by atoms with Gasteiger partial charge in [-0.15, -0.1) is 0 Å². The summed E-state index contributed by atoms with van der Waals surface area (Å²) in [6.45, 7) is 0. The van der Waals surface area contributed by atoms with Gasteiger partial charge >= 0.3 is 0 Å². The fourth-order valence-electron chi connectivity index (χ4n) is 2.78. The summed E-state index contributed by atoms with van der Waals surface area (Å²) in [6.07, 6.45) is 9.82. The van der Waals surface area contributed by atoms with E-state index in [1.807, 2.05) is 0 Å². The molecule has 0 bridgehead atoms.